The van der Waals surface area contributed by atoms with Crippen molar-refractivity contribution in [3.8, 4) is 0 Å². The van der Waals surface area contributed by atoms with Gasteiger partial charge in [0.1, 0.15) is 0 Å². The van der Waals surface area contributed by atoms with Crippen LogP contribution in [0.15, 0.2) is 23.2 Å². The zero-order valence-electron chi connectivity index (χ0n) is 17.4. The van der Waals surface area contributed by atoms with Crippen LogP contribution in [-0.2, 0) is 4.74 Å². The van der Waals surface area contributed by atoms with Gasteiger partial charge in [-0.25, -0.2) is 4.99 Å². The third-order valence-electron chi connectivity index (χ3n) is 4.28. The number of ether oxygens (including phenoxy) is 1. The molecule has 1 saturated heterocycles. The number of thioether (sulfide) groups is 1. The quantitative estimate of drug-likeness (QED) is 0.493. The Morgan fingerprint density at radius 2 is 2.04 bits per heavy atom. The Kier molecular flexibility index (Phi) is 6.92. The number of hydrogen-bond donors (Lipinski definition) is 0. The van der Waals surface area contributed by atoms with E-state index in [1.807, 2.05) is 6.92 Å². The Labute approximate surface area is 166 Å². The van der Waals surface area contributed by atoms with E-state index in [0.29, 0.717) is 5.92 Å². The summed E-state index contributed by atoms with van der Waals surface area (Å²) in [4.78, 5) is 17.8. The standard InChI is InChI=1S/C20H31N3O3S/c1-13(2)11-22-18(15(4)26-20(5,6)7)12-27-19(22)21-17-9-8-16(23(24)25)10-14(17)3/h8-10,13,15,18H,11-12H2,1-7H3/b21-19-/t15?,18-/m1/s1. The number of amidine groups is 1. The van der Waals surface area contributed by atoms with Crippen LogP contribution in [0.3, 0.4) is 0 Å². The fourth-order valence-corrected chi connectivity index (χ4v) is 4.49. The van der Waals surface area contributed by atoms with Gasteiger partial charge in [-0.1, -0.05) is 25.6 Å². The van der Waals surface area contributed by atoms with Gasteiger partial charge in [0.05, 0.1) is 28.4 Å². The van der Waals surface area contributed by atoms with Crippen molar-refractivity contribution in [3.05, 3.63) is 33.9 Å². The van der Waals surface area contributed by atoms with Gasteiger partial charge in [-0.05, 0) is 52.2 Å². The topological polar surface area (TPSA) is 68.0 Å². The number of hydrogen-bond acceptors (Lipinski definition) is 5. The normalized spacial score (nSPS) is 20.5. The van der Waals surface area contributed by atoms with Crippen LogP contribution in [0.25, 0.3) is 0 Å². The number of nitro benzene ring substituents is 1. The number of aliphatic imine (C=N–C) groups is 1. The first-order valence-electron chi connectivity index (χ1n) is 9.39. The zero-order valence-corrected chi connectivity index (χ0v) is 18.2. The maximum absolute atomic E-state index is 11.0. The van der Waals surface area contributed by atoms with Gasteiger partial charge in [-0.3, -0.25) is 10.1 Å². The molecule has 1 aromatic rings. The van der Waals surface area contributed by atoms with Crippen LogP contribution in [0.1, 0.15) is 47.1 Å². The van der Waals surface area contributed by atoms with Crippen LogP contribution in [0.2, 0.25) is 0 Å². The monoisotopic (exact) mass is 393 g/mol. The summed E-state index contributed by atoms with van der Waals surface area (Å²) in [7, 11) is 0. The smallest absolute Gasteiger partial charge is 0.269 e. The van der Waals surface area contributed by atoms with E-state index < -0.39 is 0 Å². The number of nitrogens with zero attached hydrogens (tertiary/aromatic N) is 3. The van der Waals surface area contributed by atoms with Crippen molar-refractivity contribution in [2.24, 2.45) is 10.9 Å². The molecule has 0 N–H and O–H groups in total. The SMILES string of the molecule is Cc1cc([N+](=O)[O-])ccc1/N=C1\SC[C@H](C(C)OC(C)(C)C)N1CC(C)C. The Balaban J connectivity index is 2.29. The summed E-state index contributed by atoms with van der Waals surface area (Å²) >= 11 is 1.73. The zero-order chi connectivity index (χ0) is 20.4. The molecular formula is C20H31N3O3S. The summed E-state index contributed by atoms with van der Waals surface area (Å²) < 4.78 is 6.21. The summed E-state index contributed by atoms with van der Waals surface area (Å²) in [5.41, 5.74) is 1.49. The summed E-state index contributed by atoms with van der Waals surface area (Å²) in [6.07, 6.45) is 0.0851. The van der Waals surface area contributed by atoms with Crippen molar-refractivity contribution in [3.63, 3.8) is 0 Å². The molecule has 0 saturated carbocycles. The number of aryl methyl sites for hydroxylation is 1. The van der Waals surface area contributed by atoms with Gasteiger partial charge < -0.3 is 9.64 Å². The minimum Gasteiger partial charge on any atom is -0.371 e. The number of rotatable bonds is 6. The predicted octanol–water partition coefficient (Wildman–Crippen LogP) is 5.17. The van der Waals surface area contributed by atoms with Crippen molar-refractivity contribution in [1.29, 1.82) is 0 Å². The summed E-state index contributed by atoms with van der Waals surface area (Å²) in [5.74, 6) is 1.42. The molecule has 6 nitrogen and oxygen atoms in total. The lowest BCUT2D eigenvalue weighted by Gasteiger charge is -2.35. The van der Waals surface area contributed by atoms with E-state index in [1.54, 1.807) is 23.9 Å². The van der Waals surface area contributed by atoms with Gasteiger partial charge in [0.25, 0.3) is 5.69 Å². The molecule has 7 heteroatoms. The van der Waals surface area contributed by atoms with Gasteiger partial charge in [-0.15, -0.1) is 0 Å². The molecule has 2 rings (SSSR count). The van der Waals surface area contributed by atoms with Crippen LogP contribution >= 0.6 is 11.8 Å². The molecule has 150 valence electrons. The molecule has 27 heavy (non-hydrogen) atoms. The van der Waals surface area contributed by atoms with Gasteiger partial charge in [0.15, 0.2) is 5.17 Å². The molecule has 1 heterocycles. The molecule has 2 atom stereocenters. The first kappa shape index (κ1) is 21.7. The highest BCUT2D eigenvalue weighted by Gasteiger charge is 2.36. The van der Waals surface area contributed by atoms with Gasteiger partial charge in [-0.2, -0.15) is 0 Å². The van der Waals surface area contributed by atoms with Crippen LogP contribution in [-0.4, -0.2) is 45.0 Å². The second-order valence-corrected chi connectivity index (χ2v) is 9.47. The van der Waals surface area contributed by atoms with E-state index >= 15 is 0 Å². The number of benzene rings is 1. The molecule has 0 bridgehead atoms. The van der Waals surface area contributed by atoms with Gasteiger partial charge in [0.2, 0.25) is 0 Å². The first-order valence-corrected chi connectivity index (χ1v) is 10.4. The third-order valence-corrected chi connectivity index (χ3v) is 5.37. The highest BCUT2D eigenvalue weighted by atomic mass is 32.2. The maximum Gasteiger partial charge on any atom is 0.269 e. The highest BCUT2D eigenvalue weighted by molar-refractivity contribution is 8.14. The van der Waals surface area contributed by atoms with Crippen molar-refractivity contribution >= 4 is 28.3 Å². The average molecular weight is 394 g/mol. The van der Waals surface area contributed by atoms with Crippen molar-refractivity contribution < 1.29 is 9.66 Å². The maximum atomic E-state index is 11.0. The molecule has 1 aliphatic heterocycles. The van der Waals surface area contributed by atoms with E-state index in [0.717, 1.165) is 28.7 Å². The van der Waals surface area contributed by atoms with Crippen molar-refractivity contribution in [1.82, 2.24) is 4.90 Å². The first-order chi connectivity index (χ1) is 12.5. The minimum absolute atomic E-state index is 0.0851. The van der Waals surface area contributed by atoms with E-state index in [1.165, 1.54) is 6.07 Å². The van der Waals surface area contributed by atoms with Gasteiger partial charge in [0, 0.05) is 24.4 Å². The Bertz CT molecular complexity index is 713. The predicted molar refractivity (Wildman–Crippen MR) is 113 cm³/mol. The molecule has 0 aliphatic carbocycles. The molecule has 0 radical (unpaired) electrons. The molecule has 1 aromatic carbocycles. The fraction of sp³-hybridized carbons (Fsp3) is 0.650. The number of non-ortho nitro benzene ring substituents is 1. The third kappa shape index (κ3) is 5.94. The Hall–Kier alpha value is -1.60. The lowest BCUT2D eigenvalue weighted by molar-refractivity contribution is -0.384. The lowest BCUT2D eigenvalue weighted by atomic mass is 10.1. The van der Waals surface area contributed by atoms with Crippen LogP contribution in [0.4, 0.5) is 11.4 Å². The van der Waals surface area contributed by atoms with Crippen LogP contribution in [0, 0.1) is 23.0 Å². The Morgan fingerprint density at radius 3 is 2.56 bits per heavy atom. The Morgan fingerprint density at radius 1 is 1.37 bits per heavy atom. The van der Waals surface area contributed by atoms with Crippen LogP contribution < -0.4 is 0 Å². The molecule has 0 spiro atoms. The molecule has 0 amide bonds. The lowest BCUT2D eigenvalue weighted by Crippen LogP contribution is -2.46. The van der Waals surface area contributed by atoms with Crippen molar-refractivity contribution in [2.75, 3.05) is 12.3 Å². The molecule has 0 aromatic heterocycles. The average Bonchev–Trinajstić information content (AvgIpc) is 2.89. The second kappa shape index (κ2) is 8.61. The van der Waals surface area contributed by atoms with E-state index in [2.05, 4.69) is 46.4 Å². The van der Waals surface area contributed by atoms with Crippen molar-refractivity contribution in [2.45, 2.75) is 66.2 Å². The minimum atomic E-state index is -0.374. The van der Waals surface area contributed by atoms with E-state index in [-0.39, 0.29) is 28.4 Å². The van der Waals surface area contributed by atoms with Crippen LogP contribution in [0.5, 0.6) is 0 Å². The molecule has 1 aliphatic rings. The fourth-order valence-electron chi connectivity index (χ4n) is 3.18. The summed E-state index contributed by atoms with van der Waals surface area (Å²) in [6, 6.07) is 5.08. The van der Waals surface area contributed by atoms with E-state index in [4.69, 9.17) is 9.73 Å². The molecule has 1 unspecified atom stereocenters. The highest BCUT2D eigenvalue weighted by Crippen LogP contribution is 2.33. The molecular weight excluding hydrogens is 362 g/mol. The summed E-state index contributed by atoms with van der Waals surface area (Å²) in [6.45, 7) is 15.5. The molecule has 1 fully saturated rings. The van der Waals surface area contributed by atoms with Gasteiger partial charge >= 0.3 is 0 Å². The largest absolute Gasteiger partial charge is 0.371 e. The summed E-state index contributed by atoms with van der Waals surface area (Å²) in [5, 5.41) is 11.9. The van der Waals surface area contributed by atoms with E-state index in [9.17, 15) is 10.1 Å². The second-order valence-electron chi connectivity index (χ2n) is 8.48. The number of nitro groups is 1.